The highest BCUT2D eigenvalue weighted by Crippen LogP contribution is 2.22. The molecule has 2 heteroatoms. The number of aliphatic hydroxyl groups is 1. The molecule has 1 N–H and O–H groups in total. The Labute approximate surface area is 101 Å². The summed E-state index contributed by atoms with van der Waals surface area (Å²) in [5.74, 6) is 0.866. The molecule has 0 heterocycles. The molecule has 0 fully saturated rings. The summed E-state index contributed by atoms with van der Waals surface area (Å²) in [6.45, 7) is 1.74. The molecule has 88 valence electrons. The van der Waals surface area contributed by atoms with E-state index in [1.54, 1.807) is 20.1 Å². The predicted molar refractivity (Wildman–Crippen MR) is 71.2 cm³/mol. The molecule has 0 spiro atoms. The quantitative estimate of drug-likeness (QED) is 0.873. The highest BCUT2D eigenvalue weighted by Gasteiger charge is 1.97. The Morgan fingerprint density at radius 3 is 2.53 bits per heavy atom. The molecule has 0 radical (unpaired) electrons. The highest BCUT2D eigenvalue weighted by molar-refractivity contribution is 5.86. The number of benzene rings is 2. The second kappa shape index (κ2) is 5.02. The first-order valence-electron chi connectivity index (χ1n) is 5.63. The minimum Gasteiger partial charge on any atom is -0.497 e. The van der Waals surface area contributed by atoms with Gasteiger partial charge in [-0.3, -0.25) is 0 Å². The van der Waals surface area contributed by atoms with Crippen LogP contribution in [0.5, 0.6) is 5.75 Å². The molecule has 0 aliphatic heterocycles. The molecule has 0 saturated heterocycles. The molecule has 17 heavy (non-hydrogen) atoms. The predicted octanol–water partition coefficient (Wildman–Crippen LogP) is 3.24. The molecule has 1 unspecified atom stereocenters. The largest absolute Gasteiger partial charge is 0.497 e. The van der Waals surface area contributed by atoms with E-state index in [1.165, 1.54) is 5.39 Å². The summed E-state index contributed by atoms with van der Waals surface area (Å²) >= 11 is 0. The molecule has 2 nitrogen and oxygen atoms in total. The van der Waals surface area contributed by atoms with Crippen LogP contribution in [0, 0.1) is 0 Å². The molecule has 2 aromatic carbocycles. The molecule has 1 atom stereocenters. The first-order valence-corrected chi connectivity index (χ1v) is 5.63. The summed E-state index contributed by atoms with van der Waals surface area (Å²) in [6, 6.07) is 12.2. The van der Waals surface area contributed by atoms with Crippen LogP contribution in [0.1, 0.15) is 12.5 Å². The number of hydrogen-bond donors (Lipinski definition) is 1. The second-order valence-electron chi connectivity index (χ2n) is 4.07. The van der Waals surface area contributed by atoms with Crippen LogP contribution in [0.2, 0.25) is 0 Å². The van der Waals surface area contributed by atoms with Crippen LogP contribution >= 0.6 is 0 Å². The van der Waals surface area contributed by atoms with Crippen LogP contribution in [-0.4, -0.2) is 18.3 Å². The maximum absolute atomic E-state index is 9.19. The zero-order valence-electron chi connectivity index (χ0n) is 10.1. The van der Waals surface area contributed by atoms with Crippen LogP contribution in [0.3, 0.4) is 0 Å². The summed E-state index contributed by atoms with van der Waals surface area (Å²) in [5, 5.41) is 11.5. The topological polar surface area (TPSA) is 29.5 Å². The van der Waals surface area contributed by atoms with Crippen molar-refractivity contribution in [3.8, 4) is 5.75 Å². The van der Waals surface area contributed by atoms with Gasteiger partial charge in [-0.15, -0.1) is 0 Å². The maximum Gasteiger partial charge on any atom is 0.119 e. The third kappa shape index (κ3) is 2.86. The number of aliphatic hydroxyl groups excluding tert-OH is 1. The third-order valence-electron chi connectivity index (χ3n) is 2.64. The molecule has 0 bridgehead atoms. The smallest absolute Gasteiger partial charge is 0.119 e. The number of hydrogen-bond acceptors (Lipinski definition) is 2. The van der Waals surface area contributed by atoms with Crippen molar-refractivity contribution in [3.63, 3.8) is 0 Å². The third-order valence-corrected chi connectivity index (χ3v) is 2.64. The second-order valence-corrected chi connectivity index (χ2v) is 4.07. The van der Waals surface area contributed by atoms with Gasteiger partial charge in [-0.05, 0) is 41.5 Å². The normalized spacial score (nSPS) is 13.1. The first kappa shape index (κ1) is 11.7. The Balaban J connectivity index is 2.38. The van der Waals surface area contributed by atoms with Gasteiger partial charge in [0.05, 0.1) is 13.2 Å². The Hall–Kier alpha value is -1.80. The summed E-state index contributed by atoms with van der Waals surface area (Å²) < 4.78 is 5.18. The van der Waals surface area contributed by atoms with Crippen molar-refractivity contribution in [2.75, 3.05) is 7.11 Å². The van der Waals surface area contributed by atoms with Crippen molar-refractivity contribution in [1.29, 1.82) is 0 Å². The average Bonchev–Trinajstić information content (AvgIpc) is 2.35. The number of rotatable bonds is 3. The van der Waals surface area contributed by atoms with Gasteiger partial charge in [-0.25, -0.2) is 0 Å². The van der Waals surface area contributed by atoms with E-state index in [0.717, 1.165) is 16.7 Å². The van der Waals surface area contributed by atoms with Crippen LogP contribution in [0.4, 0.5) is 0 Å². The van der Waals surface area contributed by atoms with Gasteiger partial charge >= 0.3 is 0 Å². The van der Waals surface area contributed by atoms with Crippen molar-refractivity contribution in [2.45, 2.75) is 13.0 Å². The zero-order chi connectivity index (χ0) is 12.3. The lowest BCUT2D eigenvalue weighted by molar-refractivity contribution is 0.245. The Morgan fingerprint density at radius 1 is 1.12 bits per heavy atom. The maximum atomic E-state index is 9.19. The lowest BCUT2D eigenvalue weighted by atomic mass is 10.1. The monoisotopic (exact) mass is 228 g/mol. The lowest BCUT2D eigenvalue weighted by Gasteiger charge is -2.03. The SMILES string of the molecule is COc1ccc2cc(C=CC(C)O)ccc2c1. The van der Waals surface area contributed by atoms with E-state index in [2.05, 4.69) is 12.1 Å². The molecule has 0 aliphatic carbocycles. The Morgan fingerprint density at radius 2 is 1.82 bits per heavy atom. The van der Waals surface area contributed by atoms with E-state index in [4.69, 9.17) is 4.74 Å². The summed E-state index contributed by atoms with van der Waals surface area (Å²) in [4.78, 5) is 0. The van der Waals surface area contributed by atoms with Crippen LogP contribution in [0.25, 0.3) is 16.8 Å². The average molecular weight is 228 g/mol. The fourth-order valence-corrected chi connectivity index (χ4v) is 1.72. The van der Waals surface area contributed by atoms with E-state index in [1.807, 2.05) is 30.3 Å². The standard InChI is InChI=1S/C15H16O2/c1-11(16)3-4-12-5-6-14-10-15(17-2)8-7-13(14)9-12/h3-11,16H,1-2H3. The molecule has 2 rings (SSSR count). The molecule has 0 aliphatic rings. The summed E-state index contributed by atoms with van der Waals surface area (Å²) in [6.07, 6.45) is 3.28. The van der Waals surface area contributed by atoms with Crippen molar-refractivity contribution >= 4 is 16.8 Å². The van der Waals surface area contributed by atoms with E-state index < -0.39 is 6.10 Å². The van der Waals surface area contributed by atoms with E-state index in [0.29, 0.717) is 0 Å². The van der Waals surface area contributed by atoms with Crippen LogP contribution in [-0.2, 0) is 0 Å². The number of methoxy groups -OCH3 is 1. The van der Waals surface area contributed by atoms with Crippen LogP contribution < -0.4 is 4.74 Å². The van der Waals surface area contributed by atoms with Gasteiger partial charge in [-0.2, -0.15) is 0 Å². The molecule has 0 amide bonds. The van der Waals surface area contributed by atoms with Gasteiger partial charge in [-0.1, -0.05) is 30.4 Å². The molecular formula is C15H16O2. The first-order chi connectivity index (χ1) is 8.19. The van der Waals surface area contributed by atoms with Gasteiger partial charge in [0.15, 0.2) is 0 Å². The fraction of sp³-hybridized carbons (Fsp3) is 0.200. The van der Waals surface area contributed by atoms with Crippen molar-refractivity contribution in [3.05, 3.63) is 48.0 Å². The lowest BCUT2D eigenvalue weighted by Crippen LogP contribution is -1.91. The summed E-state index contributed by atoms with van der Waals surface area (Å²) in [7, 11) is 1.67. The Bertz CT molecular complexity index is 542. The van der Waals surface area contributed by atoms with Crippen molar-refractivity contribution in [1.82, 2.24) is 0 Å². The van der Waals surface area contributed by atoms with Gasteiger partial charge < -0.3 is 9.84 Å². The van der Waals surface area contributed by atoms with Gasteiger partial charge in [0.25, 0.3) is 0 Å². The van der Waals surface area contributed by atoms with E-state index >= 15 is 0 Å². The highest BCUT2D eigenvalue weighted by atomic mass is 16.5. The molecular weight excluding hydrogens is 212 g/mol. The minimum absolute atomic E-state index is 0.415. The fourth-order valence-electron chi connectivity index (χ4n) is 1.72. The minimum atomic E-state index is -0.415. The van der Waals surface area contributed by atoms with Crippen LogP contribution in [0.15, 0.2) is 42.5 Å². The molecule has 2 aromatic rings. The summed E-state index contributed by atoms with van der Waals surface area (Å²) in [5.41, 5.74) is 1.09. The molecule has 0 saturated carbocycles. The Kier molecular flexibility index (Phi) is 3.45. The van der Waals surface area contributed by atoms with Gasteiger partial charge in [0.2, 0.25) is 0 Å². The zero-order valence-corrected chi connectivity index (χ0v) is 10.1. The van der Waals surface area contributed by atoms with Crippen molar-refractivity contribution < 1.29 is 9.84 Å². The number of fused-ring (bicyclic) bond motifs is 1. The molecule has 0 aromatic heterocycles. The van der Waals surface area contributed by atoms with E-state index in [9.17, 15) is 5.11 Å². The van der Waals surface area contributed by atoms with E-state index in [-0.39, 0.29) is 0 Å². The van der Waals surface area contributed by atoms with Gasteiger partial charge in [0.1, 0.15) is 5.75 Å². The van der Waals surface area contributed by atoms with Crippen molar-refractivity contribution in [2.24, 2.45) is 0 Å². The number of ether oxygens (including phenoxy) is 1. The van der Waals surface area contributed by atoms with Gasteiger partial charge in [0, 0.05) is 0 Å².